The van der Waals surface area contributed by atoms with Gasteiger partial charge < -0.3 is 0 Å². The Balaban J connectivity index is 0.000000154. The van der Waals surface area contributed by atoms with Crippen LogP contribution < -0.4 is 0 Å². The molecule has 0 saturated carbocycles. The molecule has 0 N–H and O–H groups in total. The summed E-state index contributed by atoms with van der Waals surface area (Å²) in [6.07, 6.45) is 11.0. The van der Waals surface area contributed by atoms with E-state index in [1.165, 1.54) is 82.7 Å². The fourth-order valence-corrected chi connectivity index (χ4v) is 6.68. The number of hydrogen-bond acceptors (Lipinski definition) is 0. The van der Waals surface area contributed by atoms with Crippen LogP contribution in [0.5, 0.6) is 0 Å². The normalized spacial score (nSPS) is 13.0. The zero-order valence-electron chi connectivity index (χ0n) is 27.3. The molecule has 2 heteroatoms. The van der Waals surface area contributed by atoms with Gasteiger partial charge in [-0.1, -0.05) is 76.3 Å². The largest absolute Gasteiger partial charge is 0.273 e. The Labute approximate surface area is 290 Å². The summed E-state index contributed by atoms with van der Waals surface area (Å²) in [5.41, 5.74) is 11.3. The molecule has 0 unspecified atom stereocenters. The molecule has 0 spiro atoms. The second-order valence-corrected chi connectivity index (χ2v) is 15.4. The van der Waals surface area contributed by atoms with Crippen molar-refractivity contribution in [1.82, 2.24) is 0 Å². The number of allylic oxidation sites excluding steroid dienone is 4. The third-order valence-corrected chi connectivity index (χ3v) is 9.89. The molecule has 0 aliphatic heterocycles. The van der Waals surface area contributed by atoms with Gasteiger partial charge in [0, 0.05) is 0 Å². The van der Waals surface area contributed by atoms with Crippen molar-refractivity contribution in [3.8, 4) is 11.1 Å². The summed E-state index contributed by atoms with van der Waals surface area (Å²) in [7, 11) is 0. The van der Waals surface area contributed by atoms with E-state index in [9.17, 15) is 0 Å². The fraction of sp³-hybridized carbons (Fsp3) is 0.233. The van der Waals surface area contributed by atoms with Gasteiger partial charge in [0.15, 0.2) is 0 Å². The smallest absolute Gasteiger partial charge is 0.109 e. The summed E-state index contributed by atoms with van der Waals surface area (Å²) < 4.78 is 1.34. The van der Waals surface area contributed by atoms with E-state index < -0.39 is 0 Å². The molecule has 0 nitrogen and oxygen atoms in total. The first-order chi connectivity index (χ1) is 21.4. The van der Waals surface area contributed by atoms with E-state index in [4.69, 9.17) is 11.6 Å². The van der Waals surface area contributed by atoms with E-state index in [0.717, 1.165) is 17.9 Å². The molecule has 0 aromatic heterocycles. The average Bonchev–Trinajstić information content (AvgIpc) is 3.71. The maximum absolute atomic E-state index is 6.09. The van der Waals surface area contributed by atoms with Crippen molar-refractivity contribution in [1.29, 1.82) is 0 Å². The van der Waals surface area contributed by atoms with Crippen molar-refractivity contribution >= 4 is 25.6 Å². The van der Waals surface area contributed by atoms with Crippen molar-refractivity contribution in [2.24, 2.45) is 0 Å². The number of benzene rings is 5. The van der Waals surface area contributed by atoms with Crippen LogP contribution in [0.4, 0.5) is 0 Å². The van der Waals surface area contributed by atoms with Crippen LogP contribution in [0.3, 0.4) is 0 Å². The molecule has 2 aliphatic carbocycles. The number of rotatable bonds is 2. The van der Waals surface area contributed by atoms with Crippen LogP contribution in [0.2, 0.25) is 5.02 Å². The topological polar surface area (TPSA) is 0 Å². The van der Waals surface area contributed by atoms with Gasteiger partial charge in [-0.15, -0.1) is 12.0 Å². The monoisotopic (exact) mass is 682 g/mol. The molecule has 0 heterocycles. The Morgan fingerprint density at radius 1 is 0.756 bits per heavy atom. The minimum atomic E-state index is 0.177. The molecule has 45 heavy (non-hydrogen) atoms. The van der Waals surface area contributed by atoms with Crippen LogP contribution >= 0.6 is 11.6 Å². The maximum Gasteiger partial charge on any atom is -0.109 e. The van der Waals surface area contributed by atoms with Gasteiger partial charge in [-0.3, -0.25) is 6.08 Å². The Bertz CT molecular complexity index is 1820. The molecule has 0 saturated heterocycles. The van der Waals surface area contributed by atoms with Crippen LogP contribution in [0.1, 0.15) is 81.3 Å². The van der Waals surface area contributed by atoms with Crippen molar-refractivity contribution in [3.05, 3.63) is 166 Å². The molecule has 0 bridgehead atoms. The summed E-state index contributed by atoms with van der Waals surface area (Å²) in [6, 6.07) is 38.1. The predicted octanol–water partition coefficient (Wildman–Crippen LogP) is 11.6. The number of hydrogen-bond donors (Lipinski definition) is 0. The average molecular weight is 684 g/mol. The Morgan fingerprint density at radius 3 is 2.13 bits per heavy atom. The second-order valence-electron chi connectivity index (χ2n) is 13.7. The van der Waals surface area contributed by atoms with Gasteiger partial charge in [-0.05, 0) is 17.4 Å². The van der Waals surface area contributed by atoms with Gasteiger partial charge in [0.25, 0.3) is 0 Å². The van der Waals surface area contributed by atoms with Gasteiger partial charge in [-0.2, -0.15) is 35.4 Å². The number of halogens is 1. The molecule has 0 radical (unpaired) electrons. The van der Waals surface area contributed by atoms with Gasteiger partial charge in [0.05, 0.1) is 0 Å². The summed E-state index contributed by atoms with van der Waals surface area (Å²) in [5, 5.41) is 3.37. The molecule has 0 fully saturated rings. The Hall–Kier alpha value is -3.12. The van der Waals surface area contributed by atoms with Crippen molar-refractivity contribution in [3.63, 3.8) is 0 Å². The quantitative estimate of drug-likeness (QED) is 0.159. The molecule has 5 aromatic rings. The zero-order valence-corrected chi connectivity index (χ0v) is 30.5. The summed E-state index contributed by atoms with van der Waals surface area (Å²) in [6.45, 7) is 13.6. The summed E-state index contributed by atoms with van der Waals surface area (Å²) in [5.74, 6) is 0. The molecule has 7 rings (SSSR count). The van der Waals surface area contributed by atoms with E-state index in [-0.39, 0.29) is 10.8 Å². The minimum Gasteiger partial charge on any atom is -0.273 e. The molecule has 224 valence electrons. The van der Waals surface area contributed by atoms with E-state index in [1.54, 1.807) is 0 Å². The van der Waals surface area contributed by atoms with Crippen LogP contribution in [-0.2, 0) is 41.5 Å². The molecule has 0 amide bonds. The molecule has 2 aliphatic rings. The molecular weight excluding hydrogens is 643 g/mol. The predicted molar refractivity (Wildman–Crippen MR) is 191 cm³/mol. The van der Waals surface area contributed by atoms with Crippen molar-refractivity contribution < 1.29 is 24.2 Å². The van der Waals surface area contributed by atoms with Crippen LogP contribution in [0, 0.1) is 12.1 Å². The first-order valence-electron chi connectivity index (χ1n) is 15.6. The van der Waals surface area contributed by atoms with E-state index in [1.807, 2.05) is 30.4 Å². The van der Waals surface area contributed by atoms with E-state index in [0.29, 0.717) is 0 Å². The van der Waals surface area contributed by atoms with Gasteiger partial charge >= 0.3 is 133 Å². The van der Waals surface area contributed by atoms with Crippen LogP contribution in [0.15, 0.2) is 115 Å². The van der Waals surface area contributed by atoms with Gasteiger partial charge in [0.1, 0.15) is 0 Å². The van der Waals surface area contributed by atoms with Crippen LogP contribution in [0.25, 0.3) is 21.9 Å². The first kappa shape index (κ1) is 33.3. The molecular formula is C43H41ClZr. The van der Waals surface area contributed by atoms with Crippen LogP contribution in [-0.4, -0.2) is 3.21 Å². The van der Waals surface area contributed by atoms with Gasteiger partial charge in [-0.25, -0.2) is 12.2 Å². The van der Waals surface area contributed by atoms with E-state index in [2.05, 4.69) is 139 Å². The van der Waals surface area contributed by atoms with Crippen molar-refractivity contribution in [2.45, 2.75) is 65.2 Å². The van der Waals surface area contributed by atoms with E-state index >= 15 is 0 Å². The third kappa shape index (κ3) is 8.19. The Morgan fingerprint density at radius 2 is 1.47 bits per heavy atom. The SMILES string of the molecule is CC(C)(C)c1c[c-]c2c(c1)-c1cc(C(C)(C)C)ccc1C2.Clc1cccc([C](=[Zr+2])c2cccc3ccccc23)c1.[C-]1=CC=CC1. The minimum absolute atomic E-state index is 0.177. The third-order valence-electron chi connectivity index (χ3n) is 8.28. The second kappa shape index (κ2) is 14.1. The summed E-state index contributed by atoms with van der Waals surface area (Å²) >= 11 is 7.49. The maximum atomic E-state index is 6.09. The van der Waals surface area contributed by atoms with Crippen molar-refractivity contribution in [2.75, 3.05) is 0 Å². The summed E-state index contributed by atoms with van der Waals surface area (Å²) in [4.78, 5) is 0. The Kier molecular flexibility index (Phi) is 10.4. The van der Waals surface area contributed by atoms with Gasteiger partial charge in [0.2, 0.25) is 0 Å². The fourth-order valence-electron chi connectivity index (χ4n) is 5.57. The zero-order chi connectivity index (χ0) is 32.2. The number of fused-ring (bicyclic) bond motifs is 4. The molecule has 0 atom stereocenters. The first-order valence-corrected chi connectivity index (χ1v) is 17.3. The molecule has 5 aromatic carbocycles. The standard InChI is InChI=1S/C21H25.C17H11Cl.C5H5.Zr/c1-20(2,3)16-9-7-14-11-15-8-10-17(21(4,5)6)13-19(15)18(14)12-16;18-16-9-3-5-13(12-16)11-15-8-4-7-14-6-1-2-10-17(14)15;1-2-4-5-3-1;/h7,9-10,12-13H,11H2,1-6H3;1-10,12H;1-3H,4H2;/q-1;;-1;+2.